The molecule has 1 aromatic carbocycles. The van der Waals surface area contributed by atoms with E-state index in [1.54, 1.807) is 0 Å². The van der Waals surface area contributed by atoms with Crippen LogP contribution < -0.4 is 5.32 Å². The van der Waals surface area contributed by atoms with E-state index in [0.717, 1.165) is 32.5 Å². The Balaban J connectivity index is 1.79. The summed E-state index contributed by atoms with van der Waals surface area (Å²) in [6, 6.07) is 6.32. The third kappa shape index (κ3) is 3.80. The molecule has 0 aromatic heterocycles. The minimum atomic E-state index is 0.241. The van der Waals surface area contributed by atoms with Crippen LogP contribution in [0, 0.1) is 13.8 Å². The Hall–Kier alpha value is -1.35. The molecule has 1 heterocycles. The van der Waals surface area contributed by atoms with Gasteiger partial charge in [-0.05, 0) is 49.8 Å². The van der Waals surface area contributed by atoms with Crippen LogP contribution in [0.2, 0.25) is 0 Å². The zero-order chi connectivity index (χ0) is 13.7. The molecule has 2 rings (SSSR count). The fourth-order valence-electron chi connectivity index (χ4n) is 2.56. The highest BCUT2D eigenvalue weighted by Crippen LogP contribution is 2.12. The molecule has 0 spiro atoms. The molecule has 1 aliphatic heterocycles. The highest BCUT2D eigenvalue weighted by atomic mass is 16.2. The first-order valence-electron chi connectivity index (χ1n) is 7.22. The number of likely N-dealkylation sites (tertiary alicyclic amines) is 1. The molecule has 19 heavy (non-hydrogen) atoms. The Labute approximate surface area is 116 Å². The van der Waals surface area contributed by atoms with Crippen molar-refractivity contribution in [2.24, 2.45) is 0 Å². The van der Waals surface area contributed by atoms with E-state index in [1.807, 2.05) is 4.90 Å². The maximum Gasteiger partial charge on any atom is 0.236 e. The van der Waals surface area contributed by atoms with Crippen molar-refractivity contribution < 1.29 is 4.79 Å². The standard InChI is InChI=1S/C16H24N2O/c1-13-7-6-8-15(14(13)2)11-17-12-16(19)18-9-4-3-5-10-18/h6-8,17H,3-5,9-12H2,1-2H3. The summed E-state index contributed by atoms with van der Waals surface area (Å²) in [5.74, 6) is 0.241. The second-order valence-electron chi connectivity index (χ2n) is 5.40. The van der Waals surface area contributed by atoms with Crippen LogP contribution in [0.5, 0.6) is 0 Å². The van der Waals surface area contributed by atoms with E-state index in [-0.39, 0.29) is 5.91 Å². The van der Waals surface area contributed by atoms with E-state index in [4.69, 9.17) is 0 Å². The quantitative estimate of drug-likeness (QED) is 0.901. The Morgan fingerprint density at radius 2 is 1.95 bits per heavy atom. The van der Waals surface area contributed by atoms with Gasteiger partial charge in [0, 0.05) is 19.6 Å². The molecule has 0 saturated carbocycles. The zero-order valence-corrected chi connectivity index (χ0v) is 12.0. The molecule has 0 unspecified atom stereocenters. The number of aryl methyl sites for hydroxylation is 1. The first-order valence-corrected chi connectivity index (χ1v) is 7.22. The second kappa shape index (κ2) is 6.71. The van der Waals surface area contributed by atoms with Crippen molar-refractivity contribution >= 4 is 5.91 Å². The molecular weight excluding hydrogens is 236 g/mol. The number of carbonyl (C=O) groups excluding carboxylic acids is 1. The van der Waals surface area contributed by atoms with Crippen molar-refractivity contribution in [3.63, 3.8) is 0 Å². The molecule has 0 radical (unpaired) electrons. The molecule has 1 N–H and O–H groups in total. The number of piperidine rings is 1. The fourth-order valence-corrected chi connectivity index (χ4v) is 2.56. The van der Waals surface area contributed by atoms with E-state index in [9.17, 15) is 4.79 Å². The predicted molar refractivity (Wildman–Crippen MR) is 78.1 cm³/mol. The topological polar surface area (TPSA) is 32.3 Å². The smallest absolute Gasteiger partial charge is 0.236 e. The first kappa shape index (κ1) is 14.1. The minimum Gasteiger partial charge on any atom is -0.342 e. The normalized spacial score (nSPS) is 15.6. The van der Waals surface area contributed by atoms with Crippen LogP contribution in [-0.2, 0) is 11.3 Å². The van der Waals surface area contributed by atoms with Crippen molar-refractivity contribution in [2.45, 2.75) is 39.7 Å². The van der Waals surface area contributed by atoms with Gasteiger partial charge in [-0.25, -0.2) is 0 Å². The Bertz CT molecular complexity index is 436. The highest BCUT2D eigenvalue weighted by Gasteiger charge is 2.15. The van der Waals surface area contributed by atoms with Crippen LogP contribution in [0.4, 0.5) is 0 Å². The summed E-state index contributed by atoms with van der Waals surface area (Å²) in [5, 5.41) is 3.28. The number of nitrogens with one attached hydrogen (secondary N) is 1. The Morgan fingerprint density at radius 1 is 1.21 bits per heavy atom. The summed E-state index contributed by atoms with van der Waals surface area (Å²) in [6.45, 7) is 7.35. The molecule has 1 amide bonds. The number of hydrogen-bond donors (Lipinski definition) is 1. The molecule has 0 aliphatic carbocycles. The lowest BCUT2D eigenvalue weighted by Crippen LogP contribution is -2.41. The third-order valence-electron chi connectivity index (χ3n) is 4.02. The number of rotatable bonds is 4. The lowest BCUT2D eigenvalue weighted by Gasteiger charge is -2.26. The van der Waals surface area contributed by atoms with Crippen LogP contribution >= 0.6 is 0 Å². The van der Waals surface area contributed by atoms with Gasteiger partial charge in [-0.3, -0.25) is 4.79 Å². The van der Waals surface area contributed by atoms with Crippen molar-refractivity contribution in [1.29, 1.82) is 0 Å². The van der Waals surface area contributed by atoms with Gasteiger partial charge in [-0.1, -0.05) is 18.2 Å². The maximum atomic E-state index is 12.0. The molecule has 1 fully saturated rings. The maximum absolute atomic E-state index is 12.0. The van der Waals surface area contributed by atoms with Crippen LogP contribution in [0.25, 0.3) is 0 Å². The van der Waals surface area contributed by atoms with Gasteiger partial charge in [0.1, 0.15) is 0 Å². The van der Waals surface area contributed by atoms with Gasteiger partial charge in [-0.2, -0.15) is 0 Å². The average Bonchev–Trinajstić information content (AvgIpc) is 2.44. The summed E-state index contributed by atoms with van der Waals surface area (Å²) in [4.78, 5) is 14.0. The van der Waals surface area contributed by atoms with Gasteiger partial charge >= 0.3 is 0 Å². The van der Waals surface area contributed by atoms with Crippen LogP contribution in [0.15, 0.2) is 18.2 Å². The van der Waals surface area contributed by atoms with Crippen molar-refractivity contribution in [1.82, 2.24) is 10.2 Å². The van der Waals surface area contributed by atoms with Gasteiger partial charge in [0.25, 0.3) is 0 Å². The van der Waals surface area contributed by atoms with E-state index >= 15 is 0 Å². The fraction of sp³-hybridized carbons (Fsp3) is 0.562. The lowest BCUT2D eigenvalue weighted by molar-refractivity contribution is -0.131. The molecule has 1 saturated heterocycles. The largest absolute Gasteiger partial charge is 0.342 e. The summed E-state index contributed by atoms with van der Waals surface area (Å²) in [6.07, 6.45) is 3.57. The highest BCUT2D eigenvalue weighted by molar-refractivity contribution is 5.78. The first-order chi connectivity index (χ1) is 9.18. The van der Waals surface area contributed by atoms with Gasteiger partial charge < -0.3 is 10.2 Å². The van der Waals surface area contributed by atoms with E-state index < -0.39 is 0 Å². The van der Waals surface area contributed by atoms with E-state index in [2.05, 4.69) is 37.4 Å². The molecule has 0 bridgehead atoms. The van der Waals surface area contributed by atoms with Crippen molar-refractivity contribution in [3.8, 4) is 0 Å². The number of amides is 1. The monoisotopic (exact) mass is 260 g/mol. The summed E-state index contributed by atoms with van der Waals surface area (Å²) >= 11 is 0. The molecular formula is C16H24N2O. The number of nitrogens with zero attached hydrogens (tertiary/aromatic N) is 1. The molecule has 0 atom stereocenters. The van der Waals surface area contributed by atoms with E-state index in [1.165, 1.54) is 23.1 Å². The van der Waals surface area contributed by atoms with Gasteiger partial charge in [-0.15, -0.1) is 0 Å². The third-order valence-corrected chi connectivity index (χ3v) is 4.02. The van der Waals surface area contributed by atoms with Crippen LogP contribution in [0.3, 0.4) is 0 Å². The average molecular weight is 260 g/mol. The summed E-state index contributed by atoms with van der Waals surface area (Å²) < 4.78 is 0. The zero-order valence-electron chi connectivity index (χ0n) is 12.0. The van der Waals surface area contributed by atoms with Gasteiger partial charge in [0.15, 0.2) is 0 Å². The molecule has 3 heteroatoms. The summed E-state index contributed by atoms with van der Waals surface area (Å²) in [7, 11) is 0. The van der Waals surface area contributed by atoms with E-state index in [0.29, 0.717) is 6.54 Å². The molecule has 1 aliphatic rings. The molecule has 104 valence electrons. The van der Waals surface area contributed by atoms with Crippen molar-refractivity contribution in [3.05, 3.63) is 34.9 Å². The van der Waals surface area contributed by atoms with Gasteiger partial charge in [0.2, 0.25) is 5.91 Å². The SMILES string of the molecule is Cc1cccc(CNCC(=O)N2CCCCC2)c1C. The summed E-state index contributed by atoms with van der Waals surface area (Å²) in [5.41, 5.74) is 3.91. The Morgan fingerprint density at radius 3 is 2.68 bits per heavy atom. The second-order valence-corrected chi connectivity index (χ2v) is 5.40. The van der Waals surface area contributed by atoms with Crippen molar-refractivity contribution in [2.75, 3.05) is 19.6 Å². The van der Waals surface area contributed by atoms with Crippen LogP contribution in [-0.4, -0.2) is 30.4 Å². The molecule has 3 nitrogen and oxygen atoms in total. The van der Waals surface area contributed by atoms with Gasteiger partial charge in [0.05, 0.1) is 6.54 Å². The Kier molecular flexibility index (Phi) is 4.97. The predicted octanol–water partition coefficient (Wildman–Crippen LogP) is 2.41. The van der Waals surface area contributed by atoms with Crippen LogP contribution in [0.1, 0.15) is 36.0 Å². The number of carbonyl (C=O) groups is 1. The minimum absolute atomic E-state index is 0.241. The lowest BCUT2D eigenvalue weighted by atomic mass is 10.0. The molecule has 1 aromatic rings. The number of benzene rings is 1. The number of hydrogen-bond acceptors (Lipinski definition) is 2.